The number of hydrogen-bond acceptors (Lipinski definition) is 4. The van der Waals surface area contributed by atoms with Crippen LogP contribution in [0.4, 0.5) is 0 Å². The quantitative estimate of drug-likeness (QED) is 0.806. The van der Waals surface area contributed by atoms with Crippen molar-refractivity contribution in [2.45, 2.75) is 30.4 Å². The predicted molar refractivity (Wildman–Crippen MR) is 100 cm³/mol. The van der Waals surface area contributed by atoms with E-state index in [1.807, 2.05) is 55.1 Å². The van der Waals surface area contributed by atoms with E-state index in [1.54, 1.807) is 0 Å². The number of hydrogen-bond donors (Lipinski definition) is 2. The van der Waals surface area contributed by atoms with Crippen LogP contribution >= 0.6 is 23.4 Å². The number of aliphatic hydroxyl groups excluding tert-OH is 1. The number of aliphatic hydroxyl groups is 1. The number of ether oxygens (including phenoxy) is 1. The van der Waals surface area contributed by atoms with Gasteiger partial charge in [0, 0.05) is 22.5 Å². The first-order chi connectivity index (χ1) is 11.6. The lowest BCUT2D eigenvalue weighted by Gasteiger charge is -2.27. The van der Waals surface area contributed by atoms with Gasteiger partial charge in [-0.1, -0.05) is 23.7 Å². The lowest BCUT2D eigenvalue weighted by molar-refractivity contribution is 0.103. The number of fused-ring (bicyclic) bond motifs is 1. The van der Waals surface area contributed by atoms with Gasteiger partial charge in [0.2, 0.25) is 0 Å². The lowest BCUT2D eigenvalue weighted by atomic mass is 10.0. The van der Waals surface area contributed by atoms with Crippen LogP contribution in [0.15, 0.2) is 47.4 Å². The van der Waals surface area contributed by atoms with Gasteiger partial charge in [0.25, 0.3) is 0 Å². The molecule has 0 bridgehead atoms. The monoisotopic (exact) mass is 363 g/mol. The van der Waals surface area contributed by atoms with Crippen molar-refractivity contribution in [3.63, 3.8) is 0 Å². The highest BCUT2D eigenvalue weighted by molar-refractivity contribution is 7.99. The zero-order valence-electron chi connectivity index (χ0n) is 13.7. The normalized spacial score (nSPS) is 18.0. The highest BCUT2D eigenvalue weighted by atomic mass is 35.5. The van der Waals surface area contributed by atoms with E-state index < -0.39 is 6.10 Å². The summed E-state index contributed by atoms with van der Waals surface area (Å²) in [6.45, 7) is 2.79. The molecule has 0 aliphatic carbocycles. The van der Waals surface area contributed by atoms with Gasteiger partial charge >= 0.3 is 0 Å². The van der Waals surface area contributed by atoms with Gasteiger partial charge in [-0.3, -0.25) is 0 Å². The molecule has 2 aromatic carbocycles. The summed E-state index contributed by atoms with van der Waals surface area (Å²) >= 11 is 7.99. The molecule has 0 spiro atoms. The minimum absolute atomic E-state index is 0.230. The molecule has 0 aromatic heterocycles. The fraction of sp³-hybridized carbons (Fsp3) is 0.368. The Labute approximate surface area is 152 Å². The number of rotatable bonds is 6. The molecular weight excluding hydrogens is 342 g/mol. The summed E-state index contributed by atoms with van der Waals surface area (Å²) in [7, 11) is 0. The van der Waals surface area contributed by atoms with Crippen LogP contribution in [-0.4, -0.2) is 30.1 Å². The van der Waals surface area contributed by atoms with E-state index in [1.165, 1.54) is 10.5 Å². The van der Waals surface area contributed by atoms with Crippen LogP contribution in [-0.2, 0) is 0 Å². The number of nitrogens with one attached hydrogen (secondary N) is 1. The second-order valence-corrected chi connectivity index (χ2v) is 7.63. The maximum Gasteiger partial charge on any atom is 0.119 e. The van der Waals surface area contributed by atoms with Gasteiger partial charge in [0.1, 0.15) is 18.5 Å². The first-order valence-corrected chi connectivity index (χ1v) is 9.51. The van der Waals surface area contributed by atoms with Crippen molar-refractivity contribution < 1.29 is 9.84 Å². The topological polar surface area (TPSA) is 41.5 Å². The number of benzene rings is 2. The molecule has 24 heavy (non-hydrogen) atoms. The second kappa shape index (κ2) is 8.26. The maximum atomic E-state index is 10.2. The highest BCUT2D eigenvalue weighted by Crippen LogP contribution is 2.37. The maximum absolute atomic E-state index is 10.2. The summed E-state index contributed by atoms with van der Waals surface area (Å²) in [4.78, 5) is 1.27. The molecule has 2 N–H and O–H groups in total. The fourth-order valence-electron chi connectivity index (χ4n) is 2.81. The van der Waals surface area contributed by atoms with Crippen molar-refractivity contribution in [2.24, 2.45) is 0 Å². The minimum Gasteiger partial charge on any atom is -0.491 e. The molecule has 2 aromatic rings. The van der Waals surface area contributed by atoms with Crippen LogP contribution in [0.1, 0.15) is 23.6 Å². The van der Waals surface area contributed by atoms with Crippen LogP contribution in [0.3, 0.4) is 0 Å². The van der Waals surface area contributed by atoms with Crippen LogP contribution in [0.25, 0.3) is 0 Å². The van der Waals surface area contributed by atoms with Gasteiger partial charge in [-0.2, -0.15) is 0 Å². The van der Waals surface area contributed by atoms with E-state index in [0.29, 0.717) is 6.54 Å². The molecule has 0 fully saturated rings. The molecule has 1 aliphatic heterocycles. The Hall–Kier alpha value is -1.20. The second-order valence-electron chi connectivity index (χ2n) is 6.06. The first kappa shape index (κ1) is 17.6. The van der Waals surface area contributed by atoms with Crippen LogP contribution in [0, 0.1) is 6.92 Å². The summed E-state index contributed by atoms with van der Waals surface area (Å²) in [6.07, 6.45) is 0.478. The number of thioether (sulfide) groups is 1. The Morgan fingerprint density at radius 1 is 1.33 bits per heavy atom. The third-order valence-corrected chi connectivity index (χ3v) is 5.40. The molecule has 0 radical (unpaired) electrons. The Bertz CT molecular complexity index is 695. The van der Waals surface area contributed by atoms with Gasteiger partial charge in [0.05, 0.1) is 0 Å². The van der Waals surface area contributed by atoms with Gasteiger partial charge in [-0.15, -0.1) is 11.8 Å². The minimum atomic E-state index is -0.553. The van der Waals surface area contributed by atoms with Gasteiger partial charge < -0.3 is 15.2 Å². The lowest BCUT2D eigenvalue weighted by Crippen LogP contribution is -2.35. The highest BCUT2D eigenvalue weighted by Gasteiger charge is 2.21. The third kappa shape index (κ3) is 4.67. The Morgan fingerprint density at radius 3 is 3.04 bits per heavy atom. The van der Waals surface area contributed by atoms with E-state index in [2.05, 4.69) is 11.4 Å². The van der Waals surface area contributed by atoms with Gasteiger partial charge in [-0.25, -0.2) is 0 Å². The molecule has 0 amide bonds. The van der Waals surface area contributed by atoms with E-state index in [9.17, 15) is 5.11 Å². The average Bonchev–Trinajstić information content (AvgIpc) is 2.58. The van der Waals surface area contributed by atoms with Crippen LogP contribution in [0.5, 0.6) is 5.75 Å². The van der Waals surface area contributed by atoms with Crippen LogP contribution in [0.2, 0.25) is 5.02 Å². The van der Waals surface area contributed by atoms with Crippen molar-refractivity contribution >= 4 is 23.4 Å². The summed E-state index contributed by atoms with van der Waals surface area (Å²) in [5.74, 6) is 1.86. The summed E-state index contributed by atoms with van der Waals surface area (Å²) in [5.41, 5.74) is 2.37. The van der Waals surface area contributed by atoms with Gasteiger partial charge in [-0.05, 0) is 60.6 Å². The molecule has 1 aliphatic rings. The smallest absolute Gasteiger partial charge is 0.119 e. The molecule has 3 rings (SSSR count). The third-order valence-electron chi connectivity index (χ3n) is 4.04. The van der Waals surface area contributed by atoms with E-state index in [4.69, 9.17) is 16.3 Å². The van der Waals surface area contributed by atoms with Gasteiger partial charge in [0.15, 0.2) is 0 Å². The zero-order chi connectivity index (χ0) is 16.9. The van der Waals surface area contributed by atoms with Crippen molar-refractivity contribution in [3.8, 4) is 5.75 Å². The molecule has 0 saturated carbocycles. The molecule has 1 heterocycles. The Balaban J connectivity index is 1.52. The molecule has 3 nitrogen and oxygen atoms in total. The van der Waals surface area contributed by atoms with Crippen molar-refractivity contribution in [1.82, 2.24) is 5.32 Å². The number of halogens is 1. The standard InChI is InChI=1S/C19H22ClNO2S/c1-13-3-2-4-16(9-13)23-12-15(22)11-21-18-7-8-24-19-6-5-14(20)10-17(18)19/h2-6,9-10,15,18,21-22H,7-8,11-12H2,1H3. The largest absolute Gasteiger partial charge is 0.491 e. The first-order valence-electron chi connectivity index (χ1n) is 8.15. The Kier molecular flexibility index (Phi) is 6.06. The van der Waals surface area contributed by atoms with E-state index >= 15 is 0 Å². The molecule has 2 unspecified atom stereocenters. The van der Waals surface area contributed by atoms with Crippen LogP contribution < -0.4 is 10.1 Å². The molecule has 2 atom stereocenters. The van der Waals surface area contributed by atoms with Crippen molar-refractivity contribution in [1.29, 1.82) is 0 Å². The van der Waals surface area contributed by atoms with E-state index in [-0.39, 0.29) is 12.6 Å². The fourth-order valence-corrected chi connectivity index (χ4v) is 4.10. The summed E-state index contributed by atoms with van der Waals surface area (Å²) < 4.78 is 5.66. The predicted octanol–water partition coefficient (Wildman–Crippen LogP) is 4.21. The number of aryl methyl sites for hydroxylation is 1. The molecule has 0 saturated heterocycles. The summed E-state index contributed by atoms with van der Waals surface area (Å²) in [5, 5.41) is 14.4. The average molecular weight is 364 g/mol. The molecule has 5 heteroatoms. The van der Waals surface area contributed by atoms with Crippen molar-refractivity contribution in [2.75, 3.05) is 18.9 Å². The molecular formula is C19H22ClNO2S. The Morgan fingerprint density at radius 2 is 2.21 bits per heavy atom. The SMILES string of the molecule is Cc1cccc(OCC(O)CNC2CCSc3ccc(Cl)cc32)c1. The van der Waals surface area contributed by atoms with Crippen molar-refractivity contribution in [3.05, 3.63) is 58.6 Å². The zero-order valence-corrected chi connectivity index (χ0v) is 15.2. The summed E-state index contributed by atoms with van der Waals surface area (Å²) in [6, 6.07) is 14.1. The van der Waals surface area contributed by atoms with E-state index in [0.717, 1.165) is 28.5 Å². The molecule has 128 valence electrons.